The van der Waals surface area contributed by atoms with Crippen LogP contribution >= 0.6 is 0 Å². The van der Waals surface area contributed by atoms with Crippen molar-refractivity contribution in [1.29, 1.82) is 0 Å². The second-order valence-corrected chi connectivity index (χ2v) is 4.21. The average molecular weight is 277 g/mol. The standard InChI is InChI=1S/C15H13F2NO2/c1-18(11-3-5-12(20-2)6-4-11)15-13(16)7-10(9-19)8-14(15)17/h3-9H,1-2H3. The first kappa shape index (κ1) is 14.0. The molecule has 0 aromatic heterocycles. The van der Waals surface area contributed by atoms with E-state index in [9.17, 15) is 13.6 Å². The van der Waals surface area contributed by atoms with Crippen molar-refractivity contribution in [3.8, 4) is 5.75 Å². The number of halogens is 2. The molecule has 0 fully saturated rings. The molecule has 0 saturated heterocycles. The zero-order chi connectivity index (χ0) is 14.7. The van der Waals surface area contributed by atoms with E-state index in [0.717, 1.165) is 12.1 Å². The number of carbonyl (C=O) groups excluding carboxylic acids is 1. The molecule has 0 N–H and O–H groups in total. The van der Waals surface area contributed by atoms with Crippen molar-refractivity contribution in [1.82, 2.24) is 0 Å². The summed E-state index contributed by atoms with van der Waals surface area (Å²) in [7, 11) is 3.08. The van der Waals surface area contributed by atoms with Gasteiger partial charge in [-0.15, -0.1) is 0 Å². The van der Waals surface area contributed by atoms with Gasteiger partial charge in [0, 0.05) is 18.3 Å². The third-order valence-electron chi connectivity index (χ3n) is 2.97. The van der Waals surface area contributed by atoms with Gasteiger partial charge in [0.05, 0.1) is 7.11 Å². The smallest absolute Gasteiger partial charge is 0.150 e. The van der Waals surface area contributed by atoms with E-state index >= 15 is 0 Å². The fourth-order valence-electron chi connectivity index (χ4n) is 1.91. The third kappa shape index (κ3) is 2.61. The first-order valence-electron chi connectivity index (χ1n) is 5.89. The Morgan fingerprint density at radius 3 is 2.10 bits per heavy atom. The monoisotopic (exact) mass is 277 g/mol. The molecule has 0 aliphatic rings. The zero-order valence-electron chi connectivity index (χ0n) is 11.1. The van der Waals surface area contributed by atoms with Crippen molar-refractivity contribution in [2.75, 3.05) is 19.1 Å². The first-order chi connectivity index (χ1) is 9.56. The van der Waals surface area contributed by atoms with Crippen LogP contribution in [0, 0.1) is 11.6 Å². The lowest BCUT2D eigenvalue weighted by Gasteiger charge is -2.21. The molecule has 2 aromatic rings. The number of benzene rings is 2. The van der Waals surface area contributed by atoms with Gasteiger partial charge in [-0.3, -0.25) is 4.79 Å². The fourth-order valence-corrected chi connectivity index (χ4v) is 1.91. The predicted octanol–water partition coefficient (Wildman–Crippen LogP) is 3.55. The Balaban J connectivity index is 2.41. The van der Waals surface area contributed by atoms with Gasteiger partial charge in [0.25, 0.3) is 0 Å². The number of carbonyl (C=O) groups is 1. The Hall–Kier alpha value is -2.43. The molecule has 0 radical (unpaired) electrons. The summed E-state index contributed by atoms with van der Waals surface area (Å²) in [6.07, 6.45) is 0.406. The third-order valence-corrected chi connectivity index (χ3v) is 2.97. The van der Waals surface area contributed by atoms with E-state index in [1.807, 2.05) is 0 Å². The van der Waals surface area contributed by atoms with Crippen LogP contribution in [0.5, 0.6) is 5.75 Å². The average Bonchev–Trinajstić information content (AvgIpc) is 2.46. The maximum absolute atomic E-state index is 13.9. The van der Waals surface area contributed by atoms with Crippen LogP contribution in [0.15, 0.2) is 36.4 Å². The number of nitrogens with zero attached hydrogens (tertiary/aromatic N) is 1. The molecule has 2 aromatic carbocycles. The zero-order valence-corrected chi connectivity index (χ0v) is 11.1. The summed E-state index contributed by atoms with van der Waals surface area (Å²) in [5, 5.41) is 0. The van der Waals surface area contributed by atoms with Crippen LogP contribution in [-0.2, 0) is 0 Å². The van der Waals surface area contributed by atoms with E-state index in [-0.39, 0.29) is 11.3 Å². The van der Waals surface area contributed by atoms with Gasteiger partial charge < -0.3 is 9.64 Å². The first-order valence-corrected chi connectivity index (χ1v) is 5.89. The van der Waals surface area contributed by atoms with E-state index in [0.29, 0.717) is 17.7 Å². The summed E-state index contributed by atoms with van der Waals surface area (Å²) >= 11 is 0. The molecule has 0 saturated carbocycles. The second-order valence-electron chi connectivity index (χ2n) is 4.21. The molecule has 104 valence electrons. The van der Waals surface area contributed by atoms with E-state index in [1.54, 1.807) is 31.3 Å². The van der Waals surface area contributed by atoms with E-state index in [1.165, 1.54) is 12.0 Å². The maximum Gasteiger partial charge on any atom is 0.150 e. The van der Waals surface area contributed by atoms with E-state index in [4.69, 9.17) is 4.74 Å². The SMILES string of the molecule is COc1ccc(N(C)c2c(F)cc(C=O)cc2F)cc1. The summed E-state index contributed by atoms with van der Waals surface area (Å²) in [6.45, 7) is 0. The molecular weight excluding hydrogens is 264 g/mol. The molecule has 3 nitrogen and oxygen atoms in total. The fraction of sp³-hybridized carbons (Fsp3) is 0.133. The highest BCUT2D eigenvalue weighted by Gasteiger charge is 2.16. The van der Waals surface area contributed by atoms with Gasteiger partial charge in [-0.1, -0.05) is 0 Å². The van der Waals surface area contributed by atoms with Gasteiger partial charge in [0.1, 0.15) is 17.7 Å². The van der Waals surface area contributed by atoms with Crippen LogP contribution in [0.2, 0.25) is 0 Å². The van der Waals surface area contributed by atoms with Crippen LogP contribution in [0.25, 0.3) is 0 Å². The van der Waals surface area contributed by atoms with Crippen molar-refractivity contribution in [3.05, 3.63) is 53.6 Å². The van der Waals surface area contributed by atoms with Gasteiger partial charge in [0.2, 0.25) is 0 Å². The Kier molecular flexibility index (Phi) is 3.98. The van der Waals surface area contributed by atoms with Gasteiger partial charge in [-0.05, 0) is 36.4 Å². The van der Waals surface area contributed by atoms with Crippen molar-refractivity contribution >= 4 is 17.7 Å². The van der Waals surface area contributed by atoms with E-state index < -0.39 is 11.6 Å². The van der Waals surface area contributed by atoms with Crippen molar-refractivity contribution in [2.45, 2.75) is 0 Å². The number of anilines is 2. The van der Waals surface area contributed by atoms with Crippen LogP contribution in [0.4, 0.5) is 20.2 Å². The molecule has 2 rings (SSSR count). The molecule has 0 heterocycles. The summed E-state index contributed by atoms with van der Waals surface area (Å²) in [4.78, 5) is 11.9. The highest BCUT2D eigenvalue weighted by atomic mass is 19.1. The molecule has 5 heteroatoms. The predicted molar refractivity (Wildman–Crippen MR) is 72.8 cm³/mol. The molecule has 0 amide bonds. The Labute approximate surface area is 115 Å². The Morgan fingerprint density at radius 1 is 1.10 bits per heavy atom. The summed E-state index contributed by atoms with van der Waals surface area (Å²) in [5.41, 5.74) is 0.357. The number of rotatable bonds is 4. The minimum atomic E-state index is -0.787. The van der Waals surface area contributed by atoms with Crippen LogP contribution < -0.4 is 9.64 Å². The van der Waals surface area contributed by atoms with Crippen LogP contribution in [-0.4, -0.2) is 20.4 Å². The van der Waals surface area contributed by atoms with Crippen molar-refractivity contribution in [2.24, 2.45) is 0 Å². The highest BCUT2D eigenvalue weighted by Crippen LogP contribution is 2.30. The largest absolute Gasteiger partial charge is 0.497 e. The molecule has 0 spiro atoms. The Morgan fingerprint density at radius 2 is 1.65 bits per heavy atom. The molecule has 0 bridgehead atoms. The minimum Gasteiger partial charge on any atom is -0.497 e. The number of hydrogen-bond acceptors (Lipinski definition) is 3. The number of hydrogen-bond donors (Lipinski definition) is 0. The Bertz CT molecular complexity index is 603. The van der Waals surface area contributed by atoms with Gasteiger partial charge in [0.15, 0.2) is 11.6 Å². The molecule has 20 heavy (non-hydrogen) atoms. The van der Waals surface area contributed by atoms with Crippen molar-refractivity contribution in [3.63, 3.8) is 0 Å². The molecule has 0 aliphatic heterocycles. The number of aldehydes is 1. The molecular formula is C15H13F2NO2. The maximum atomic E-state index is 13.9. The van der Waals surface area contributed by atoms with Crippen LogP contribution in [0.1, 0.15) is 10.4 Å². The molecule has 0 unspecified atom stereocenters. The second kappa shape index (κ2) is 5.69. The lowest BCUT2D eigenvalue weighted by Crippen LogP contribution is -2.13. The quantitative estimate of drug-likeness (QED) is 0.800. The van der Waals surface area contributed by atoms with Crippen molar-refractivity contribution < 1.29 is 18.3 Å². The molecule has 0 aliphatic carbocycles. The van der Waals surface area contributed by atoms with Gasteiger partial charge >= 0.3 is 0 Å². The summed E-state index contributed by atoms with van der Waals surface area (Å²) in [5.74, 6) is -0.921. The number of methoxy groups -OCH3 is 1. The minimum absolute atomic E-state index is 0.0353. The van der Waals surface area contributed by atoms with Gasteiger partial charge in [-0.2, -0.15) is 0 Å². The normalized spacial score (nSPS) is 10.2. The summed E-state index contributed by atoms with van der Waals surface area (Å²) in [6, 6.07) is 8.77. The number of ether oxygens (including phenoxy) is 1. The summed E-state index contributed by atoms with van der Waals surface area (Å²) < 4.78 is 32.9. The van der Waals surface area contributed by atoms with Crippen LogP contribution in [0.3, 0.4) is 0 Å². The lowest BCUT2D eigenvalue weighted by atomic mass is 10.1. The van der Waals surface area contributed by atoms with E-state index in [2.05, 4.69) is 0 Å². The lowest BCUT2D eigenvalue weighted by molar-refractivity contribution is 0.112. The highest BCUT2D eigenvalue weighted by molar-refractivity contribution is 5.77. The van der Waals surface area contributed by atoms with Gasteiger partial charge in [-0.25, -0.2) is 8.78 Å². The molecule has 0 atom stereocenters. The topological polar surface area (TPSA) is 29.5 Å².